The molecule has 1 saturated heterocycles. The molecule has 12 heteroatoms. The zero-order chi connectivity index (χ0) is 24.0. The Morgan fingerprint density at radius 3 is 2.58 bits per heavy atom. The standard InChI is InChI=1S/C21H21F3N4O5/c22-21(23,24)33-16-6-7-18(28(31)32)17(10-16)20(30)25-11-19(29)26-15-8-9-27(13-15)12-14-4-2-1-3-5-14/h1-7,10,15H,8-9,11-13H2,(H,25,30)(H,26,29). The number of rotatable bonds is 8. The van der Waals surface area contributed by atoms with Crippen LogP contribution in [0.5, 0.6) is 5.75 Å². The van der Waals surface area contributed by atoms with Crippen LogP contribution in [-0.4, -0.2) is 53.7 Å². The monoisotopic (exact) mass is 466 g/mol. The number of hydrogen-bond donors (Lipinski definition) is 2. The van der Waals surface area contributed by atoms with Crippen molar-refractivity contribution in [1.29, 1.82) is 0 Å². The average molecular weight is 466 g/mol. The number of carbonyl (C=O) groups is 2. The van der Waals surface area contributed by atoms with Crippen LogP contribution in [0.4, 0.5) is 18.9 Å². The van der Waals surface area contributed by atoms with E-state index in [1.165, 1.54) is 0 Å². The predicted octanol–water partition coefficient (Wildman–Crippen LogP) is 2.61. The summed E-state index contributed by atoms with van der Waals surface area (Å²) < 4.78 is 41.0. The predicted molar refractivity (Wildman–Crippen MR) is 110 cm³/mol. The molecular formula is C21H21F3N4O5. The van der Waals surface area contributed by atoms with Crippen molar-refractivity contribution in [1.82, 2.24) is 15.5 Å². The van der Waals surface area contributed by atoms with E-state index >= 15 is 0 Å². The number of halogens is 3. The van der Waals surface area contributed by atoms with Crippen molar-refractivity contribution < 1.29 is 32.4 Å². The first kappa shape index (κ1) is 24.0. The van der Waals surface area contributed by atoms with Gasteiger partial charge in [0.05, 0.1) is 11.5 Å². The molecule has 0 aliphatic carbocycles. The zero-order valence-electron chi connectivity index (χ0n) is 17.3. The van der Waals surface area contributed by atoms with Gasteiger partial charge in [-0.2, -0.15) is 0 Å². The van der Waals surface area contributed by atoms with Gasteiger partial charge in [-0.25, -0.2) is 0 Å². The number of nitro benzene ring substituents is 1. The van der Waals surface area contributed by atoms with E-state index in [0.717, 1.165) is 37.2 Å². The van der Waals surface area contributed by atoms with Crippen LogP contribution in [0.1, 0.15) is 22.3 Å². The van der Waals surface area contributed by atoms with Gasteiger partial charge in [0, 0.05) is 37.8 Å². The summed E-state index contributed by atoms with van der Waals surface area (Å²) in [6.45, 7) is 1.65. The molecule has 1 unspecified atom stereocenters. The lowest BCUT2D eigenvalue weighted by Gasteiger charge is -2.17. The number of carbonyl (C=O) groups excluding carboxylic acids is 2. The first-order valence-corrected chi connectivity index (χ1v) is 9.99. The maximum Gasteiger partial charge on any atom is 0.573 e. The molecule has 2 aromatic carbocycles. The summed E-state index contributed by atoms with van der Waals surface area (Å²) in [7, 11) is 0. The number of amides is 2. The van der Waals surface area contributed by atoms with Gasteiger partial charge in [-0.05, 0) is 18.1 Å². The maximum atomic E-state index is 12.4. The van der Waals surface area contributed by atoms with Crippen LogP contribution in [0.15, 0.2) is 48.5 Å². The van der Waals surface area contributed by atoms with Crippen LogP contribution >= 0.6 is 0 Å². The Morgan fingerprint density at radius 1 is 1.18 bits per heavy atom. The Hall–Kier alpha value is -3.67. The van der Waals surface area contributed by atoms with Crippen LogP contribution in [0, 0.1) is 10.1 Å². The number of nitrogens with one attached hydrogen (secondary N) is 2. The number of hydrogen-bond acceptors (Lipinski definition) is 6. The van der Waals surface area contributed by atoms with Crippen molar-refractivity contribution in [2.75, 3.05) is 19.6 Å². The van der Waals surface area contributed by atoms with E-state index in [1.54, 1.807) is 0 Å². The number of nitrogens with zero attached hydrogens (tertiary/aromatic N) is 2. The molecule has 33 heavy (non-hydrogen) atoms. The highest BCUT2D eigenvalue weighted by molar-refractivity contribution is 6.00. The third kappa shape index (κ3) is 7.17. The van der Waals surface area contributed by atoms with Gasteiger partial charge in [-0.15, -0.1) is 13.2 Å². The van der Waals surface area contributed by atoms with Crippen LogP contribution in [0.25, 0.3) is 0 Å². The first-order chi connectivity index (χ1) is 15.6. The topological polar surface area (TPSA) is 114 Å². The van der Waals surface area contributed by atoms with Gasteiger partial charge in [-0.1, -0.05) is 30.3 Å². The Labute approximate surface area is 186 Å². The molecule has 1 fully saturated rings. The number of likely N-dealkylation sites (tertiary alicyclic amines) is 1. The van der Waals surface area contributed by atoms with Gasteiger partial charge >= 0.3 is 6.36 Å². The normalized spacial score (nSPS) is 16.3. The number of alkyl halides is 3. The van der Waals surface area contributed by atoms with E-state index < -0.39 is 46.6 Å². The largest absolute Gasteiger partial charge is 0.573 e. The second-order valence-electron chi connectivity index (χ2n) is 7.44. The highest BCUT2D eigenvalue weighted by Gasteiger charge is 2.32. The molecule has 0 saturated carbocycles. The zero-order valence-corrected chi connectivity index (χ0v) is 17.3. The number of benzene rings is 2. The molecule has 1 aliphatic rings. The Kier molecular flexibility index (Phi) is 7.48. The smallest absolute Gasteiger partial charge is 0.406 e. The van der Waals surface area contributed by atoms with Crippen molar-refractivity contribution in [3.05, 3.63) is 69.8 Å². The molecule has 0 aromatic heterocycles. The number of nitro groups is 1. The lowest BCUT2D eigenvalue weighted by atomic mass is 10.1. The second-order valence-corrected chi connectivity index (χ2v) is 7.44. The molecule has 1 aliphatic heterocycles. The summed E-state index contributed by atoms with van der Waals surface area (Å²) in [5, 5.41) is 16.1. The van der Waals surface area contributed by atoms with E-state index in [9.17, 15) is 32.9 Å². The van der Waals surface area contributed by atoms with Gasteiger partial charge in [0.1, 0.15) is 11.3 Å². The molecule has 0 spiro atoms. The summed E-state index contributed by atoms with van der Waals surface area (Å²) in [6.07, 6.45) is -4.31. The quantitative estimate of drug-likeness (QED) is 0.457. The minimum absolute atomic E-state index is 0.129. The van der Waals surface area contributed by atoms with E-state index in [-0.39, 0.29) is 6.04 Å². The van der Waals surface area contributed by atoms with E-state index in [4.69, 9.17) is 0 Å². The minimum Gasteiger partial charge on any atom is -0.406 e. The van der Waals surface area contributed by atoms with E-state index in [0.29, 0.717) is 12.6 Å². The molecule has 0 bridgehead atoms. The van der Waals surface area contributed by atoms with E-state index in [1.807, 2.05) is 30.3 Å². The molecule has 2 aromatic rings. The van der Waals surface area contributed by atoms with Crippen molar-refractivity contribution in [3.8, 4) is 5.75 Å². The SMILES string of the molecule is O=C(CNC(=O)c1cc(OC(F)(F)F)ccc1[N+](=O)[O-])NC1CCN(Cc2ccccc2)C1. The Bertz CT molecular complexity index is 1020. The third-order valence-electron chi connectivity index (χ3n) is 4.94. The third-order valence-corrected chi connectivity index (χ3v) is 4.94. The Balaban J connectivity index is 1.53. The molecule has 1 atom stereocenters. The summed E-state index contributed by atoms with van der Waals surface area (Å²) >= 11 is 0. The van der Waals surface area contributed by atoms with Crippen LogP contribution in [0.3, 0.4) is 0 Å². The van der Waals surface area contributed by atoms with Gasteiger partial charge < -0.3 is 15.4 Å². The number of ether oxygens (including phenoxy) is 1. The highest BCUT2D eigenvalue weighted by atomic mass is 19.4. The fourth-order valence-corrected chi connectivity index (χ4v) is 3.52. The van der Waals surface area contributed by atoms with Crippen LogP contribution in [0.2, 0.25) is 0 Å². The molecule has 0 radical (unpaired) electrons. The van der Waals surface area contributed by atoms with Crippen molar-refractivity contribution >= 4 is 17.5 Å². The molecule has 176 valence electrons. The van der Waals surface area contributed by atoms with Gasteiger partial charge in [0.15, 0.2) is 0 Å². The summed E-state index contributed by atoms with van der Waals surface area (Å²) in [5.74, 6) is -2.37. The van der Waals surface area contributed by atoms with Crippen LogP contribution in [-0.2, 0) is 11.3 Å². The van der Waals surface area contributed by atoms with Crippen molar-refractivity contribution in [2.45, 2.75) is 25.4 Å². The summed E-state index contributed by atoms with van der Waals surface area (Å²) in [6, 6.07) is 11.8. The fraction of sp³-hybridized carbons (Fsp3) is 0.333. The lowest BCUT2D eigenvalue weighted by molar-refractivity contribution is -0.385. The summed E-state index contributed by atoms with van der Waals surface area (Å²) in [5.41, 5.74) is -0.214. The molecular weight excluding hydrogens is 445 g/mol. The maximum absolute atomic E-state index is 12.4. The molecule has 2 N–H and O–H groups in total. The van der Waals surface area contributed by atoms with Crippen LogP contribution < -0.4 is 15.4 Å². The second kappa shape index (κ2) is 10.3. The molecule has 1 heterocycles. The van der Waals surface area contributed by atoms with E-state index in [2.05, 4.69) is 20.3 Å². The van der Waals surface area contributed by atoms with Crippen molar-refractivity contribution in [2.24, 2.45) is 0 Å². The Morgan fingerprint density at radius 2 is 1.91 bits per heavy atom. The van der Waals surface area contributed by atoms with Crippen molar-refractivity contribution in [3.63, 3.8) is 0 Å². The van der Waals surface area contributed by atoms with Gasteiger partial charge in [0.2, 0.25) is 5.91 Å². The lowest BCUT2D eigenvalue weighted by Crippen LogP contribution is -2.43. The first-order valence-electron chi connectivity index (χ1n) is 9.99. The molecule has 3 rings (SSSR count). The highest BCUT2D eigenvalue weighted by Crippen LogP contribution is 2.28. The van der Waals surface area contributed by atoms with Gasteiger partial charge in [0.25, 0.3) is 11.6 Å². The minimum atomic E-state index is -5.03. The molecule has 2 amide bonds. The molecule has 9 nitrogen and oxygen atoms in total. The summed E-state index contributed by atoms with van der Waals surface area (Å²) in [4.78, 5) is 37.0. The average Bonchev–Trinajstić information content (AvgIpc) is 3.17. The fourth-order valence-electron chi connectivity index (χ4n) is 3.52. The van der Waals surface area contributed by atoms with Gasteiger partial charge in [-0.3, -0.25) is 24.6 Å².